The molecule has 0 aliphatic heterocycles. The highest BCUT2D eigenvalue weighted by molar-refractivity contribution is 7.09. The van der Waals surface area contributed by atoms with E-state index in [1.165, 1.54) is 10.9 Å². The summed E-state index contributed by atoms with van der Waals surface area (Å²) in [7, 11) is 0. The Morgan fingerprint density at radius 2 is 2.20 bits per heavy atom. The predicted octanol–water partition coefficient (Wildman–Crippen LogP) is 4.11. The van der Waals surface area contributed by atoms with Crippen molar-refractivity contribution in [1.82, 2.24) is 0 Å². The summed E-state index contributed by atoms with van der Waals surface area (Å²) < 4.78 is 14.3. The highest BCUT2D eigenvalue weighted by Crippen LogP contribution is 2.35. The highest BCUT2D eigenvalue weighted by atomic mass is 32.1. The molecule has 1 fully saturated rings. The molecule has 0 saturated heterocycles. The summed E-state index contributed by atoms with van der Waals surface area (Å²) >= 11 is 1.70. The lowest BCUT2D eigenvalue weighted by molar-refractivity contribution is 0.199. The van der Waals surface area contributed by atoms with E-state index in [1.807, 2.05) is 17.5 Å². The molecule has 0 amide bonds. The molecule has 1 aliphatic rings. The van der Waals surface area contributed by atoms with Gasteiger partial charge in [0.05, 0.1) is 18.3 Å². The Labute approximate surface area is 122 Å². The average Bonchev–Trinajstić information content (AvgIpc) is 3.14. The van der Waals surface area contributed by atoms with Crippen LogP contribution in [0.5, 0.6) is 0 Å². The van der Waals surface area contributed by atoms with Gasteiger partial charge in [-0.05, 0) is 48.9 Å². The third-order valence-corrected chi connectivity index (χ3v) is 4.52. The van der Waals surface area contributed by atoms with Crippen LogP contribution in [0.2, 0.25) is 0 Å². The lowest BCUT2D eigenvalue weighted by Crippen LogP contribution is -2.25. The fourth-order valence-corrected chi connectivity index (χ4v) is 3.09. The van der Waals surface area contributed by atoms with Gasteiger partial charge < -0.3 is 10.0 Å². The highest BCUT2D eigenvalue weighted by Gasteiger charge is 2.31. The Hall–Kier alpha value is -1.39. The average molecular weight is 291 g/mol. The predicted molar refractivity (Wildman–Crippen MR) is 80.6 cm³/mol. The van der Waals surface area contributed by atoms with Crippen LogP contribution in [0, 0.1) is 5.82 Å². The molecule has 0 spiro atoms. The first-order chi connectivity index (χ1) is 9.65. The van der Waals surface area contributed by atoms with Crippen LogP contribution < -0.4 is 4.90 Å². The second-order valence-corrected chi connectivity index (χ2v) is 6.36. The van der Waals surface area contributed by atoms with Crippen LogP contribution >= 0.6 is 11.3 Å². The molecule has 2 aromatic rings. The molecule has 4 heteroatoms. The SMILES string of the molecule is C[C@@H](O)c1ccc(N(Cc2cccs2)C2CC2)c(F)c1. The molecule has 2 nitrogen and oxygen atoms in total. The van der Waals surface area contributed by atoms with Gasteiger partial charge in [0.1, 0.15) is 5.82 Å². The maximum atomic E-state index is 14.3. The molecule has 1 aliphatic carbocycles. The molecular weight excluding hydrogens is 273 g/mol. The fourth-order valence-electron chi connectivity index (χ4n) is 2.38. The maximum absolute atomic E-state index is 14.3. The summed E-state index contributed by atoms with van der Waals surface area (Å²) in [4.78, 5) is 3.39. The lowest BCUT2D eigenvalue weighted by atomic mass is 10.1. The number of aliphatic hydroxyl groups is 1. The van der Waals surface area contributed by atoms with E-state index in [1.54, 1.807) is 24.3 Å². The molecule has 1 atom stereocenters. The van der Waals surface area contributed by atoms with Crippen molar-refractivity contribution in [2.24, 2.45) is 0 Å². The molecule has 3 rings (SSSR count). The molecule has 0 radical (unpaired) electrons. The van der Waals surface area contributed by atoms with Gasteiger partial charge in [-0.2, -0.15) is 0 Å². The summed E-state index contributed by atoms with van der Waals surface area (Å²) in [5, 5.41) is 11.6. The van der Waals surface area contributed by atoms with Gasteiger partial charge >= 0.3 is 0 Å². The lowest BCUT2D eigenvalue weighted by Gasteiger charge is -2.25. The van der Waals surface area contributed by atoms with Crippen LogP contribution in [0.3, 0.4) is 0 Å². The van der Waals surface area contributed by atoms with Crippen molar-refractivity contribution in [3.8, 4) is 0 Å². The van der Waals surface area contributed by atoms with Gasteiger partial charge in [0, 0.05) is 10.9 Å². The van der Waals surface area contributed by atoms with E-state index in [4.69, 9.17) is 0 Å². The second kappa shape index (κ2) is 5.54. The van der Waals surface area contributed by atoms with Gasteiger partial charge in [-0.25, -0.2) is 4.39 Å². The van der Waals surface area contributed by atoms with Crippen LogP contribution in [0.4, 0.5) is 10.1 Å². The number of anilines is 1. The van der Waals surface area contributed by atoms with Gasteiger partial charge in [0.2, 0.25) is 0 Å². The molecule has 1 aromatic carbocycles. The van der Waals surface area contributed by atoms with E-state index < -0.39 is 6.10 Å². The van der Waals surface area contributed by atoms with Gasteiger partial charge in [-0.3, -0.25) is 0 Å². The fraction of sp³-hybridized carbons (Fsp3) is 0.375. The summed E-state index contributed by atoms with van der Waals surface area (Å²) in [6, 6.07) is 9.61. The maximum Gasteiger partial charge on any atom is 0.146 e. The number of aliphatic hydroxyl groups excluding tert-OH is 1. The van der Waals surface area contributed by atoms with Crippen molar-refractivity contribution in [1.29, 1.82) is 0 Å². The minimum atomic E-state index is -0.634. The van der Waals surface area contributed by atoms with Gasteiger partial charge in [-0.1, -0.05) is 12.1 Å². The van der Waals surface area contributed by atoms with Gasteiger partial charge in [-0.15, -0.1) is 11.3 Å². The number of thiophene rings is 1. The van der Waals surface area contributed by atoms with Crippen molar-refractivity contribution in [3.05, 3.63) is 52.0 Å². The third-order valence-electron chi connectivity index (χ3n) is 3.66. The van der Waals surface area contributed by atoms with Crippen molar-refractivity contribution in [2.45, 2.75) is 38.5 Å². The molecule has 0 unspecified atom stereocenters. The van der Waals surface area contributed by atoms with Crippen molar-refractivity contribution >= 4 is 17.0 Å². The molecule has 20 heavy (non-hydrogen) atoms. The van der Waals surface area contributed by atoms with Crippen molar-refractivity contribution in [2.75, 3.05) is 4.90 Å². The Morgan fingerprint density at radius 3 is 2.75 bits per heavy atom. The molecule has 1 heterocycles. The van der Waals surface area contributed by atoms with Crippen molar-refractivity contribution < 1.29 is 9.50 Å². The van der Waals surface area contributed by atoms with Crippen LogP contribution in [0.25, 0.3) is 0 Å². The molecule has 1 N–H and O–H groups in total. The third kappa shape index (κ3) is 2.86. The van der Waals surface area contributed by atoms with Crippen LogP contribution in [0.1, 0.15) is 36.3 Å². The van der Waals surface area contributed by atoms with Gasteiger partial charge in [0.25, 0.3) is 0 Å². The Morgan fingerprint density at radius 1 is 1.40 bits per heavy atom. The summed E-state index contributed by atoms with van der Waals surface area (Å²) in [6.45, 7) is 2.41. The quantitative estimate of drug-likeness (QED) is 0.896. The molecule has 1 saturated carbocycles. The number of nitrogens with zero attached hydrogens (tertiary/aromatic N) is 1. The van der Waals surface area contributed by atoms with E-state index in [9.17, 15) is 9.50 Å². The van der Waals surface area contributed by atoms with Crippen LogP contribution in [0.15, 0.2) is 35.7 Å². The summed E-state index contributed by atoms with van der Waals surface area (Å²) in [5.74, 6) is -0.244. The zero-order chi connectivity index (χ0) is 14.1. The molecular formula is C16H18FNOS. The molecule has 0 bridgehead atoms. The second-order valence-electron chi connectivity index (χ2n) is 5.33. The van der Waals surface area contributed by atoms with Crippen molar-refractivity contribution in [3.63, 3.8) is 0 Å². The minimum Gasteiger partial charge on any atom is -0.389 e. The summed E-state index contributed by atoms with van der Waals surface area (Å²) in [6.07, 6.45) is 1.62. The summed E-state index contributed by atoms with van der Waals surface area (Å²) in [5.41, 5.74) is 1.27. The van der Waals surface area contributed by atoms with E-state index in [0.29, 0.717) is 17.3 Å². The zero-order valence-corrected chi connectivity index (χ0v) is 12.2. The first-order valence-electron chi connectivity index (χ1n) is 6.91. The Balaban J connectivity index is 1.87. The Bertz CT molecular complexity index is 578. The number of rotatable bonds is 5. The van der Waals surface area contributed by atoms with Gasteiger partial charge in [0.15, 0.2) is 0 Å². The largest absolute Gasteiger partial charge is 0.389 e. The molecule has 106 valence electrons. The van der Waals surface area contributed by atoms with E-state index in [2.05, 4.69) is 11.0 Å². The van der Waals surface area contributed by atoms with E-state index in [0.717, 1.165) is 19.4 Å². The monoisotopic (exact) mass is 291 g/mol. The number of hydrogen-bond donors (Lipinski definition) is 1. The first kappa shape index (κ1) is 13.6. The van der Waals surface area contributed by atoms with E-state index in [-0.39, 0.29) is 5.82 Å². The standard InChI is InChI=1S/C16H18FNOS/c1-11(19)12-4-7-16(15(17)9-12)18(13-5-6-13)10-14-3-2-8-20-14/h2-4,7-9,11,13,19H,5-6,10H2,1H3/t11-/m1/s1. The first-order valence-corrected chi connectivity index (χ1v) is 7.79. The number of benzene rings is 1. The topological polar surface area (TPSA) is 23.5 Å². The Kier molecular flexibility index (Phi) is 3.76. The van der Waals surface area contributed by atoms with Crippen LogP contribution in [-0.2, 0) is 6.54 Å². The van der Waals surface area contributed by atoms with Crippen LogP contribution in [-0.4, -0.2) is 11.1 Å². The smallest absolute Gasteiger partial charge is 0.146 e. The normalized spacial score (nSPS) is 16.1. The zero-order valence-electron chi connectivity index (χ0n) is 11.4. The minimum absolute atomic E-state index is 0.244. The van der Waals surface area contributed by atoms with E-state index >= 15 is 0 Å². The number of halogens is 1. The molecule has 1 aromatic heterocycles. The number of hydrogen-bond acceptors (Lipinski definition) is 3.